The van der Waals surface area contributed by atoms with E-state index in [2.05, 4.69) is 25.3 Å². The van der Waals surface area contributed by atoms with Crippen molar-refractivity contribution in [1.82, 2.24) is 4.90 Å². The van der Waals surface area contributed by atoms with E-state index in [4.69, 9.17) is 5.11 Å². The summed E-state index contributed by atoms with van der Waals surface area (Å²) < 4.78 is -0.888. The minimum Gasteiger partial charge on any atom is -0.465 e. The summed E-state index contributed by atoms with van der Waals surface area (Å²) in [5, 5.41) is 8.54. The van der Waals surface area contributed by atoms with Crippen LogP contribution in [0, 0.1) is 0 Å². The molecule has 60 valence electrons. The number of carboxylic acid groups (broad SMARTS) is 1. The van der Waals surface area contributed by atoms with Crippen molar-refractivity contribution in [2.75, 3.05) is 6.54 Å². The van der Waals surface area contributed by atoms with Crippen LogP contribution in [0.25, 0.3) is 0 Å². The predicted molar refractivity (Wildman–Crippen MR) is 46.8 cm³/mol. The summed E-state index contributed by atoms with van der Waals surface area (Å²) in [6.07, 6.45) is -1.00. The van der Waals surface area contributed by atoms with Crippen LogP contribution in [0.4, 0.5) is 4.79 Å². The largest absolute Gasteiger partial charge is 0.465 e. The monoisotopic (exact) mass is 181 g/mol. The van der Waals surface area contributed by atoms with Gasteiger partial charge in [-0.1, -0.05) is 0 Å². The third kappa shape index (κ3) is 2.70. The summed E-state index contributed by atoms with van der Waals surface area (Å²) in [4.78, 5) is 11.5. The topological polar surface area (TPSA) is 40.5 Å². The van der Waals surface area contributed by atoms with Crippen LogP contribution in [0.5, 0.6) is 0 Å². The summed E-state index contributed by atoms with van der Waals surface area (Å²) in [5.74, 6) is 0. The zero-order chi connectivity index (χ0) is 8.36. The Morgan fingerprint density at radius 2 is 2.10 bits per heavy atom. The number of carbonyl (C=O) groups is 1. The molecule has 10 heavy (non-hydrogen) atoms. The molecule has 0 aromatic heterocycles. The SMILES string of the molecule is CCN(C(=O)O)C(C)(S)S. The van der Waals surface area contributed by atoms with Crippen LogP contribution in [0.1, 0.15) is 13.8 Å². The lowest BCUT2D eigenvalue weighted by atomic mass is 10.5. The van der Waals surface area contributed by atoms with Gasteiger partial charge in [0, 0.05) is 6.54 Å². The molecule has 5 heteroatoms. The highest BCUT2D eigenvalue weighted by molar-refractivity contribution is 8.00. The molecule has 3 nitrogen and oxygen atoms in total. The molecule has 0 radical (unpaired) electrons. The first-order chi connectivity index (χ1) is 4.39. The van der Waals surface area contributed by atoms with Crippen LogP contribution in [0.15, 0.2) is 0 Å². The lowest BCUT2D eigenvalue weighted by Gasteiger charge is -2.29. The number of hydrogen-bond acceptors (Lipinski definition) is 3. The zero-order valence-electron chi connectivity index (χ0n) is 5.90. The summed E-state index contributed by atoms with van der Waals surface area (Å²) in [6.45, 7) is 3.73. The maximum absolute atomic E-state index is 10.4. The average Bonchev–Trinajstić information content (AvgIpc) is 1.60. The van der Waals surface area contributed by atoms with Gasteiger partial charge in [0.25, 0.3) is 0 Å². The van der Waals surface area contributed by atoms with Crippen molar-refractivity contribution in [1.29, 1.82) is 0 Å². The van der Waals surface area contributed by atoms with Crippen molar-refractivity contribution in [3.05, 3.63) is 0 Å². The molecule has 0 saturated carbocycles. The van der Waals surface area contributed by atoms with Crippen molar-refractivity contribution in [2.24, 2.45) is 0 Å². The Labute approximate surface area is 71.2 Å². The molecule has 0 aromatic carbocycles. The fraction of sp³-hybridized carbons (Fsp3) is 0.800. The molecule has 0 aliphatic heterocycles. The molecular weight excluding hydrogens is 170 g/mol. The van der Waals surface area contributed by atoms with E-state index >= 15 is 0 Å². The van der Waals surface area contributed by atoms with Gasteiger partial charge in [-0.25, -0.2) is 4.79 Å². The van der Waals surface area contributed by atoms with Crippen molar-refractivity contribution in [3.8, 4) is 0 Å². The second-order valence-corrected chi connectivity index (χ2v) is 4.09. The quantitative estimate of drug-likeness (QED) is 0.446. The molecule has 0 heterocycles. The van der Waals surface area contributed by atoms with E-state index < -0.39 is 10.3 Å². The number of thiol groups is 2. The molecule has 0 bridgehead atoms. The molecule has 1 amide bonds. The van der Waals surface area contributed by atoms with Gasteiger partial charge in [-0.2, -0.15) is 0 Å². The van der Waals surface area contributed by atoms with E-state index in [-0.39, 0.29) is 0 Å². The van der Waals surface area contributed by atoms with Gasteiger partial charge in [-0.15, -0.1) is 25.3 Å². The third-order valence-electron chi connectivity index (χ3n) is 1.06. The van der Waals surface area contributed by atoms with E-state index in [0.717, 1.165) is 4.90 Å². The van der Waals surface area contributed by atoms with E-state index in [9.17, 15) is 4.79 Å². The molecule has 0 unspecified atom stereocenters. The summed E-state index contributed by atoms with van der Waals surface area (Å²) in [7, 11) is 0. The fourth-order valence-electron chi connectivity index (χ4n) is 0.616. The number of rotatable bonds is 2. The van der Waals surface area contributed by atoms with Gasteiger partial charge in [0.15, 0.2) is 0 Å². The Morgan fingerprint density at radius 1 is 1.70 bits per heavy atom. The second kappa shape index (κ2) is 3.39. The normalized spacial score (nSPS) is 11.2. The average molecular weight is 181 g/mol. The maximum atomic E-state index is 10.4. The van der Waals surface area contributed by atoms with Gasteiger partial charge < -0.3 is 5.11 Å². The first-order valence-corrected chi connectivity index (χ1v) is 3.74. The van der Waals surface area contributed by atoms with Gasteiger partial charge in [-0.05, 0) is 13.8 Å². The molecule has 0 spiro atoms. The minimum absolute atomic E-state index is 0.388. The van der Waals surface area contributed by atoms with Gasteiger partial charge in [0.05, 0.1) is 0 Å². The van der Waals surface area contributed by atoms with Gasteiger partial charge in [-0.3, -0.25) is 4.90 Å². The van der Waals surface area contributed by atoms with Crippen LogP contribution in [-0.2, 0) is 0 Å². The molecule has 0 saturated heterocycles. The van der Waals surface area contributed by atoms with Gasteiger partial charge >= 0.3 is 6.09 Å². The highest BCUT2D eigenvalue weighted by Gasteiger charge is 2.25. The first-order valence-electron chi connectivity index (χ1n) is 2.85. The van der Waals surface area contributed by atoms with Crippen LogP contribution >= 0.6 is 25.3 Å². The standard InChI is InChI=1S/C5H11NO2S2/c1-3-6(4(7)8)5(2,9)10/h9-10H,3H2,1-2H3,(H,7,8). The van der Waals surface area contributed by atoms with Crippen LogP contribution in [0.2, 0.25) is 0 Å². The van der Waals surface area contributed by atoms with E-state index in [1.54, 1.807) is 13.8 Å². The molecule has 0 aliphatic carbocycles. The van der Waals surface area contributed by atoms with Crippen LogP contribution in [0.3, 0.4) is 0 Å². The van der Waals surface area contributed by atoms with Crippen LogP contribution in [-0.4, -0.2) is 26.8 Å². The Hall–Kier alpha value is -0.0300. The number of hydrogen-bond donors (Lipinski definition) is 3. The number of nitrogens with zero attached hydrogens (tertiary/aromatic N) is 1. The zero-order valence-corrected chi connectivity index (χ0v) is 7.69. The van der Waals surface area contributed by atoms with Gasteiger partial charge in [0.2, 0.25) is 0 Å². The van der Waals surface area contributed by atoms with E-state index in [1.807, 2.05) is 0 Å². The molecule has 0 fully saturated rings. The Kier molecular flexibility index (Phi) is 3.38. The first kappa shape index (κ1) is 9.97. The van der Waals surface area contributed by atoms with Gasteiger partial charge in [0.1, 0.15) is 4.20 Å². The number of amides is 1. The maximum Gasteiger partial charge on any atom is 0.409 e. The molecule has 0 atom stereocenters. The Bertz CT molecular complexity index is 132. The summed E-state index contributed by atoms with van der Waals surface area (Å²) in [6, 6.07) is 0. The van der Waals surface area contributed by atoms with E-state index in [1.165, 1.54) is 0 Å². The lowest BCUT2D eigenvalue weighted by Crippen LogP contribution is -2.41. The molecule has 0 aromatic rings. The van der Waals surface area contributed by atoms with Crippen molar-refractivity contribution in [3.63, 3.8) is 0 Å². The van der Waals surface area contributed by atoms with Crippen molar-refractivity contribution in [2.45, 2.75) is 18.1 Å². The van der Waals surface area contributed by atoms with Crippen molar-refractivity contribution < 1.29 is 9.90 Å². The summed E-state index contributed by atoms with van der Waals surface area (Å²) >= 11 is 7.96. The Balaban J connectivity index is 4.22. The lowest BCUT2D eigenvalue weighted by molar-refractivity contribution is 0.141. The molecule has 0 rings (SSSR count). The fourth-order valence-corrected chi connectivity index (χ4v) is 1.07. The second-order valence-electron chi connectivity index (χ2n) is 2.00. The molecular formula is C5H11NO2S2. The van der Waals surface area contributed by atoms with E-state index in [0.29, 0.717) is 6.54 Å². The third-order valence-corrected chi connectivity index (χ3v) is 1.54. The Morgan fingerprint density at radius 3 is 2.10 bits per heavy atom. The van der Waals surface area contributed by atoms with Crippen molar-refractivity contribution >= 4 is 31.4 Å². The molecule has 1 N–H and O–H groups in total. The molecule has 0 aliphatic rings. The minimum atomic E-state index is -1.00. The predicted octanol–water partition coefficient (Wildman–Crippen LogP) is 1.52. The smallest absolute Gasteiger partial charge is 0.409 e. The highest BCUT2D eigenvalue weighted by atomic mass is 32.2. The summed E-state index contributed by atoms with van der Waals surface area (Å²) in [5.41, 5.74) is 0. The van der Waals surface area contributed by atoms with Crippen LogP contribution < -0.4 is 0 Å². The highest BCUT2D eigenvalue weighted by Crippen LogP contribution is 2.23.